The summed E-state index contributed by atoms with van der Waals surface area (Å²) in [5, 5.41) is 2.33. The van der Waals surface area contributed by atoms with Gasteiger partial charge < -0.3 is 3.07 Å². The van der Waals surface area contributed by atoms with Crippen molar-refractivity contribution in [2.45, 2.75) is 6.92 Å². The van der Waals surface area contributed by atoms with Gasteiger partial charge in [-0.1, -0.05) is 60.7 Å². The largest absolute Gasteiger partial charge is 0.426 e. The fraction of sp³-hybridized carbons (Fsp3) is 0.0476. The molecule has 26 heavy (non-hydrogen) atoms. The normalized spacial score (nSPS) is 10.2. The summed E-state index contributed by atoms with van der Waals surface area (Å²) < 4.78 is 5.52. The molecule has 1 N–H and O–H groups in total. The van der Waals surface area contributed by atoms with Gasteiger partial charge in [0.1, 0.15) is 0 Å². The zero-order chi connectivity index (χ0) is 18.5. The molecular formula is C21H16INO3. The smallest absolute Gasteiger partial charge is 0.261 e. The van der Waals surface area contributed by atoms with Gasteiger partial charge in [-0.05, 0) is 28.8 Å². The first-order chi connectivity index (χ1) is 12.6. The van der Waals surface area contributed by atoms with Crippen LogP contribution in [0.2, 0.25) is 0 Å². The highest BCUT2D eigenvalue weighted by Gasteiger charge is 2.20. The maximum Gasteiger partial charge on any atom is 0.261 e. The second kappa shape index (κ2) is 8.14. The van der Waals surface area contributed by atoms with Crippen molar-refractivity contribution in [2.75, 3.05) is 0 Å². The van der Waals surface area contributed by atoms with E-state index < -0.39 is 11.8 Å². The third kappa shape index (κ3) is 3.94. The minimum absolute atomic E-state index is 0.315. The summed E-state index contributed by atoms with van der Waals surface area (Å²) in [5.74, 6) is -0.477. The molecule has 0 aromatic heterocycles. The highest BCUT2D eigenvalue weighted by atomic mass is 127. The molecule has 0 saturated carbocycles. The third-order valence-electron chi connectivity index (χ3n) is 3.89. The summed E-state index contributed by atoms with van der Waals surface area (Å²) in [5.41, 5.74) is 3.87. The van der Waals surface area contributed by atoms with Gasteiger partial charge in [0.2, 0.25) is 5.91 Å². The van der Waals surface area contributed by atoms with Crippen molar-refractivity contribution in [3.63, 3.8) is 0 Å². The number of amides is 2. The van der Waals surface area contributed by atoms with Crippen molar-refractivity contribution in [2.24, 2.45) is 0 Å². The summed E-state index contributed by atoms with van der Waals surface area (Å²) >= 11 is 1.76. The first kappa shape index (κ1) is 18.1. The number of hydrogen-bond donors (Lipinski definition) is 1. The Hall–Kier alpha value is -2.67. The summed E-state index contributed by atoms with van der Waals surface area (Å²) in [7, 11) is 0. The lowest BCUT2D eigenvalue weighted by molar-refractivity contribution is -0.118. The van der Waals surface area contributed by atoms with Gasteiger partial charge in [-0.2, -0.15) is 0 Å². The number of halogens is 1. The Kier molecular flexibility index (Phi) is 5.68. The molecule has 4 nitrogen and oxygen atoms in total. The topological polar surface area (TPSA) is 55.4 Å². The van der Waals surface area contributed by atoms with Crippen LogP contribution in [-0.4, -0.2) is 11.8 Å². The molecule has 3 rings (SSSR count). The molecule has 0 bridgehead atoms. The van der Waals surface area contributed by atoms with E-state index in [0.29, 0.717) is 11.3 Å². The fourth-order valence-corrected chi connectivity index (χ4v) is 3.21. The molecular weight excluding hydrogens is 441 g/mol. The summed E-state index contributed by atoms with van der Waals surface area (Å²) in [6.07, 6.45) is 0. The van der Waals surface area contributed by atoms with E-state index in [9.17, 15) is 9.59 Å². The first-order valence-corrected chi connectivity index (χ1v) is 8.87. The van der Waals surface area contributed by atoms with E-state index >= 15 is 0 Å². The third-order valence-corrected chi connectivity index (χ3v) is 4.33. The average molecular weight is 457 g/mol. The van der Waals surface area contributed by atoms with Gasteiger partial charge >= 0.3 is 0 Å². The van der Waals surface area contributed by atoms with E-state index in [1.165, 1.54) is 6.92 Å². The Morgan fingerprint density at radius 3 is 1.96 bits per heavy atom. The van der Waals surface area contributed by atoms with Crippen molar-refractivity contribution < 1.29 is 12.7 Å². The SMILES string of the molecule is CC(=O)NC(=O)c1cc(-c2ccccc2)cc(-c2ccccc2)c1OI. The predicted molar refractivity (Wildman–Crippen MR) is 110 cm³/mol. The van der Waals surface area contributed by atoms with Crippen LogP contribution in [0.15, 0.2) is 72.8 Å². The molecule has 0 aliphatic carbocycles. The highest BCUT2D eigenvalue weighted by Crippen LogP contribution is 2.38. The van der Waals surface area contributed by atoms with Crippen LogP contribution in [0.4, 0.5) is 0 Å². The zero-order valence-electron chi connectivity index (χ0n) is 14.0. The Morgan fingerprint density at radius 2 is 1.42 bits per heavy atom. The van der Waals surface area contributed by atoms with Crippen LogP contribution < -0.4 is 8.38 Å². The Labute approximate surface area is 165 Å². The van der Waals surface area contributed by atoms with Gasteiger partial charge in [-0.3, -0.25) is 14.9 Å². The molecule has 2 amide bonds. The van der Waals surface area contributed by atoms with E-state index in [1.807, 2.05) is 66.7 Å². The molecule has 0 spiro atoms. The van der Waals surface area contributed by atoms with E-state index in [1.54, 1.807) is 29.1 Å². The molecule has 0 fully saturated rings. The Morgan fingerprint density at radius 1 is 0.846 bits per heavy atom. The van der Waals surface area contributed by atoms with Gasteiger partial charge in [0.05, 0.1) is 5.56 Å². The van der Waals surface area contributed by atoms with Crippen LogP contribution in [0.25, 0.3) is 22.3 Å². The maximum absolute atomic E-state index is 12.6. The molecule has 3 aromatic rings. The standard InChI is InChI=1S/C21H16INO3/c1-14(24)23-21(25)19-13-17(15-8-4-2-5-9-15)12-18(20(19)26-22)16-10-6-3-7-11-16/h2-13H,1H3,(H,23,24,25). The molecule has 5 heteroatoms. The van der Waals surface area contributed by atoms with Crippen LogP contribution in [0.1, 0.15) is 17.3 Å². The van der Waals surface area contributed by atoms with Gasteiger partial charge in [-0.25, -0.2) is 0 Å². The number of carbonyl (C=O) groups excluding carboxylic acids is 2. The van der Waals surface area contributed by atoms with E-state index in [0.717, 1.165) is 22.3 Å². The molecule has 0 unspecified atom stereocenters. The van der Waals surface area contributed by atoms with Crippen molar-refractivity contribution >= 4 is 34.8 Å². The number of carbonyl (C=O) groups is 2. The van der Waals surface area contributed by atoms with Crippen molar-refractivity contribution in [1.82, 2.24) is 5.32 Å². The number of rotatable bonds is 4. The fourth-order valence-electron chi connectivity index (χ4n) is 2.74. The monoisotopic (exact) mass is 457 g/mol. The molecule has 0 atom stereocenters. The van der Waals surface area contributed by atoms with Gasteiger partial charge in [0.25, 0.3) is 5.91 Å². The average Bonchev–Trinajstić information content (AvgIpc) is 2.67. The lowest BCUT2D eigenvalue weighted by atomic mass is 9.94. The zero-order valence-corrected chi connectivity index (χ0v) is 16.2. The maximum atomic E-state index is 12.6. The molecule has 0 radical (unpaired) electrons. The number of hydrogen-bond acceptors (Lipinski definition) is 3. The number of nitrogens with one attached hydrogen (secondary N) is 1. The molecule has 0 heterocycles. The van der Waals surface area contributed by atoms with Crippen molar-refractivity contribution in [3.05, 3.63) is 78.4 Å². The molecule has 3 aromatic carbocycles. The Bertz CT molecular complexity index is 940. The molecule has 0 aliphatic heterocycles. The second-order valence-electron chi connectivity index (χ2n) is 5.72. The van der Waals surface area contributed by atoms with Crippen LogP contribution in [-0.2, 0) is 4.79 Å². The van der Waals surface area contributed by atoms with E-state index in [2.05, 4.69) is 5.32 Å². The Balaban J connectivity index is 2.25. The van der Waals surface area contributed by atoms with E-state index in [4.69, 9.17) is 3.07 Å². The van der Waals surface area contributed by atoms with Gasteiger partial charge in [0.15, 0.2) is 28.8 Å². The minimum Gasteiger partial charge on any atom is -0.426 e. The van der Waals surface area contributed by atoms with Crippen LogP contribution in [0.3, 0.4) is 0 Å². The van der Waals surface area contributed by atoms with Gasteiger partial charge in [-0.15, -0.1) is 0 Å². The van der Waals surface area contributed by atoms with Crippen molar-refractivity contribution in [1.29, 1.82) is 0 Å². The van der Waals surface area contributed by atoms with Crippen LogP contribution in [0.5, 0.6) is 5.75 Å². The molecule has 0 saturated heterocycles. The number of imide groups is 1. The summed E-state index contributed by atoms with van der Waals surface area (Å²) in [6, 6.07) is 23.2. The lowest BCUT2D eigenvalue weighted by Crippen LogP contribution is -2.28. The first-order valence-electron chi connectivity index (χ1n) is 7.99. The summed E-state index contributed by atoms with van der Waals surface area (Å²) in [4.78, 5) is 23.9. The lowest BCUT2D eigenvalue weighted by Gasteiger charge is -2.15. The van der Waals surface area contributed by atoms with E-state index in [-0.39, 0.29) is 0 Å². The predicted octanol–water partition coefficient (Wildman–Crippen LogP) is 5.03. The second-order valence-corrected chi connectivity index (χ2v) is 6.16. The van der Waals surface area contributed by atoms with Gasteiger partial charge in [0, 0.05) is 12.5 Å². The molecule has 130 valence electrons. The minimum atomic E-state index is -0.487. The quantitative estimate of drug-likeness (QED) is 0.560. The highest BCUT2D eigenvalue weighted by molar-refractivity contribution is 14.1. The molecule has 0 aliphatic rings. The van der Waals surface area contributed by atoms with Crippen LogP contribution in [0, 0.1) is 0 Å². The summed E-state index contributed by atoms with van der Waals surface area (Å²) in [6.45, 7) is 1.31. The van der Waals surface area contributed by atoms with Crippen molar-refractivity contribution in [3.8, 4) is 28.0 Å². The number of benzene rings is 3. The van der Waals surface area contributed by atoms with Crippen LogP contribution >= 0.6 is 23.0 Å².